The van der Waals surface area contributed by atoms with E-state index in [2.05, 4.69) is 13.8 Å². The average Bonchev–Trinajstić information content (AvgIpc) is 3.65. The lowest BCUT2D eigenvalue weighted by Crippen LogP contribution is -2.29. The van der Waals surface area contributed by atoms with Gasteiger partial charge in [-0.05, 0) is 91.8 Å². The molecule has 1 N–H and O–H groups in total. The summed E-state index contributed by atoms with van der Waals surface area (Å²) in [6.45, 7) is 10.8. The molecule has 0 unspecified atom stereocenters. The van der Waals surface area contributed by atoms with E-state index in [0.717, 1.165) is 39.1 Å². The highest BCUT2D eigenvalue weighted by molar-refractivity contribution is 7.22. The first kappa shape index (κ1) is 29.7. The van der Waals surface area contributed by atoms with E-state index in [1.54, 1.807) is 31.4 Å². The van der Waals surface area contributed by atoms with Gasteiger partial charge in [-0.15, -0.1) is 0 Å². The summed E-state index contributed by atoms with van der Waals surface area (Å²) in [7, 11) is 1.55. The van der Waals surface area contributed by atoms with Gasteiger partial charge in [-0.3, -0.25) is 14.5 Å². The fourth-order valence-electron chi connectivity index (χ4n) is 5.91. The van der Waals surface area contributed by atoms with Gasteiger partial charge in [0.25, 0.3) is 5.78 Å². The molecular formula is C35H36N2O6S. The van der Waals surface area contributed by atoms with Gasteiger partial charge in [0.2, 0.25) is 0 Å². The van der Waals surface area contributed by atoms with E-state index in [9.17, 15) is 14.7 Å². The number of aromatic nitrogens is 1. The number of aryl methyl sites for hydroxylation is 2. The molecule has 0 aliphatic carbocycles. The molecule has 1 saturated heterocycles. The molecule has 0 spiro atoms. The Bertz CT molecular complexity index is 1820. The minimum absolute atomic E-state index is 0.00963. The van der Waals surface area contributed by atoms with Crippen LogP contribution in [0.15, 0.2) is 54.1 Å². The molecule has 8 nitrogen and oxygen atoms in total. The highest BCUT2D eigenvalue weighted by Gasteiger charge is 2.48. The highest BCUT2D eigenvalue weighted by atomic mass is 32.1. The largest absolute Gasteiger partial charge is 0.507 e. The molecule has 44 heavy (non-hydrogen) atoms. The topological polar surface area (TPSA) is 98.2 Å². The van der Waals surface area contributed by atoms with Crippen LogP contribution in [0.4, 0.5) is 5.13 Å². The second-order valence-electron chi connectivity index (χ2n) is 12.0. The summed E-state index contributed by atoms with van der Waals surface area (Å²) in [5.74, 6) is 0.492. The number of benzene rings is 3. The zero-order valence-electron chi connectivity index (χ0n) is 25.8. The Morgan fingerprint density at radius 2 is 1.91 bits per heavy atom. The first-order valence-corrected chi connectivity index (χ1v) is 15.7. The number of ether oxygens (including phenoxy) is 3. The second-order valence-corrected chi connectivity index (χ2v) is 13.0. The Balaban J connectivity index is 1.50. The van der Waals surface area contributed by atoms with E-state index in [0.29, 0.717) is 46.7 Å². The Hall–Kier alpha value is -4.37. The van der Waals surface area contributed by atoms with Gasteiger partial charge in [-0.25, -0.2) is 4.98 Å². The fraction of sp³-hybridized carbons (Fsp3) is 0.343. The molecule has 228 valence electrons. The molecule has 0 bridgehead atoms. The summed E-state index contributed by atoms with van der Waals surface area (Å²) in [5, 5.41) is 12.1. The van der Waals surface area contributed by atoms with Crippen molar-refractivity contribution in [2.24, 2.45) is 5.92 Å². The molecule has 9 heteroatoms. The number of rotatable bonds is 8. The number of aliphatic hydroxyl groups is 1. The lowest BCUT2D eigenvalue weighted by Gasteiger charge is -2.24. The minimum atomic E-state index is -0.945. The number of carbonyl (C=O) groups is 2. The molecule has 4 aromatic rings. The molecule has 2 aliphatic heterocycles. The number of hydrogen-bond acceptors (Lipinski definition) is 8. The zero-order valence-corrected chi connectivity index (χ0v) is 26.6. The van der Waals surface area contributed by atoms with Crippen LogP contribution in [0.3, 0.4) is 0 Å². The number of carbonyl (C=O) groups excluding carboxylic acids is 2. The van der Waals surface area contributed by atoms with E-state index >= 15 is 0 Å². The SMILES string of the molecule is COc1cc([C@@H]2/C(=C(\O)c3ccc4c(c3)C[C@@H](C)O4)C(=O)C(=O)N2c2nc3c(C)cc(C)cc3s2)ccc1OCCC(C)C. The monoisotopic (exact) mass is 612 g/mol. The predicted octanol–water partition coefficient (Wildman–Crippen LogP) is 7.30. The molecule has 6 rings (SSSR count). The van der Waals surface area contributed by atoms with Gasteiger partial charge in [0.1, 0.15) is 17.6 Å². The first-order chi connectivity index (χ1) is 21.0. The molecule has 3 aromatic carbocycles. The molecule has 3 heterocycles. The van der Waals surface area contributed by atoms with E-state index < -0.39 is 17.7 Å². The van der Waals surface area contributed by atoms with Crippen LogP contribution < -0.4 is 19.1 Å². The number of ketones is 1. The van der Waals surface area contributed by atoms with E-state index in [1.165, 1.54) is 16.2 Å². The number of fused-ring (bicyclic) bond motifs is 2. The van der Waals surface area contributed by atoms with Crippen molar-refractivity contribution in [1.29, 1.82) is 0 Å². The maximum atomic E-state index is 13.8. The summed E-state index contributed by atoms with van der Waals surface area (Å²) in [6, 6.07) is 13.8. The summed E-state index contributed by atoms with van der Waals surface area (Å²) in [4.78, 5) is 33.9. The number of methoxy groups -OCH3 is 1. The standard InChI is InChI=1S/C35H36N2O6S/c1-18(2)11-12-42-26-10-7-22(17-27(26)41-6)31-29(32(38)23-8-9-25-24(16-23)15-21(5)43-25)33(39)34(40)37(31)35-36-30-20(4)13-19(3)14-28(30)44-35/h7-10,13-14,16-18,21,31,38H,11-12,15H2,1-6H3/b32-29+/t21-,31-/m1/s1. The average molecular weight is 613 g/mol. The summed E-state index contributed by atoms with van der Waals surface area (Å²) < 4.78 is 18.5. The van der Waals surface area contributed by atoms with Gasteiger partial charge in [0, 0.05) is 12.0 Å². The number of thiazole rings is 1. The zero-order chi connectivity index (χ0) is 31.3. The first-order valence-electron chi connectivity index (χ1n) is 14.8. The Kier molecular flexibility index (Phi) is 7.84. The van der Waals surface area contributed by atoms with Crippen LogP contribution in [-0.2, 0) is 16.0 Å². The van der Waals surface area contributed by atoms with Crippen LogP contribution in [0.5, 0.6) is 17.2 Å². The van der Waals surface area contributed by atoms with Crippen molar-refractivity contribution in [2.45, 2.75) is 59.6 Å². The van der Waals surface area contributed by atoms with Gasteiger partial charge in [-0.1, -0.05) is 37.3 Å². The Morgan fingerprint density at radius 3 is 2.66 bits per heavy atom. The minimum Gasteiger partial charge on any atom is -0.507 e. The maximum absolute atomic E-state index is 13.8. The third kappa shape index (κ3) is 5.30. The maximum Gasteiger partial charge on any atom is 0.301 e. The normalized spacial score (nSPS) is 19.1. The van der Waals surface area contributed by atoms with Crippen molar-refractivity contribution in [3.63, 3.8) is 0 Å². The second kappa shape index (κ2) is 11.6. The molecule has 1 amide bonds. The molecule has 2 atom stereocenters. The van der Waals surface area contributed by atoms with Crippen molar-refractivity contribution in [1.82, 2.24) is 4.98 Å². The molecular weight excluding hydrogens is 576 g/mol. The van der Waals surface area contributed by atoms with E-state index in [4.69, 9.17) is 19.2 Å². The molecule has 1 fully saturated rings. The van der Waals surface area contributed by atoms with Crippen LogP contribution >= 0.6 is 11.3 Å². The molecule has 0 saturated carbocycles. The van der Waals surface area contributed by atoms with Crippen molar-refractivity contribution in [2.75, 3.05) is 18.6 Å². The highest BCUT2D eigenvalue weighted by Crippen LogP contribution is 2.46. The number of nitrogens with zero attached hydrogens (tertiary/aromatic N) is 2. The third-order valence-electron chi connectivity index (χ3n) is 8.09. The van der Waals surface area contributed by atoms with Gasteiger partial charge in [0.15, 0.2) is 16.6 Å². The van der Waals surface area contributed by atoms with Crippen molar-refractivity contribution >= 4 is 44.1 Å². The van der Waals surface area contributed by atoms with E-state index in [1.807, 2.05) is 45.0 Å². The van der Waals surface area contributed by atoms with Crippen molar-refractivity contribution in [3.05, 3.63) is 81.9 Å². The molecule has 0 radical (unpaired) electrons. The number of hydrogen-bond donors (Lipinski definition) is 1. The van der Waals surface area contributed by atoms with Crippen molar-refractivity contribution < 1.29 is 28.9 Å². The molecule has 1 aromatic heterocycles. The van der Waals surface area contributed by atoms with Crippen LogP contribution in [0.2, 0.25) is 0 Å². The predicted molar refractivity (Wildman–Crippen MR) is 172 cm³/mol. The van der Waals surface area contributed by atoms with Gasteiger partial charge >= 0.3 is 5.91 Å². The number of anilines is 1. The summed E-state index contributed by atoms with van der Waals surface area (Å²) in [6.07, 6.45) is 1.59. The quantitative estimate of drug-likeness (QED) is 0.127. The van der Waals surface area contributed by atoms with E-state index in [-0.39, 0.29) is 17.4 Å². The smallest absolute Gasteiger partial charge is 0.301 e. The van der Waals surface area contributed by atoms with Crippen LogP contribution in [0.25, 0.3) is 16.0 Å². The molecule has 2 aliphatic rings. The van der Waals surface area contributed by atoms with Crippen LogP contribution in [-0.4, -0.2) is 41.6 Å². The van der Waals surface area contributed by atoms with Gasteiger partial charge in [0.05, 0.1) is 35.5 Å². The fourth-order valence-corrected chi connectivity index (χ4v) is 7.08. The third-order valence-corrected chi connectivity index (χ3v) is 9.10. The van der Waals surface area contributed by atoms with Crippen LogP contribution in [0.1, 0.15) is 61.1 Å². The summed E-state index contributed by atoms with van der Waals surface area (Å²) in [5.41, 5.74) is 4.80. The summed E-state index contributed by atoms with van der Waals surface area (Å²) >= 11 is 1.35. The Morgan fingerprint density at radius 1 is 1.11 bits per heavy atom. The van der Waals surface area contributed by atoms with Gasteiger partial charge < -0.3 is 19.3 Å². The number of aliphatic hydroxyl groups excluding tert-OH is 1. The van der Waals surface area contributed by atoms with Gasteiger partial charge in [-0.2, -0.15) is 0 Å². The van der Waals surface area contributed by atoms with Crippen LogP contribution in [0, 0.1) is 19.8 Å². The number of amides is 1. The van der Waals surface area contributed by atoms with Crippen molar-refractivity contribution in [3.8, 4) is 17.2 Å². The number of Topliss-reactive ketones (excluding diaryl/α,β-unsaturated/α-hetero) is 1. The lowest BCUT2D eigenvalue weighted by molar-refractivity contribution is -0.132. The lowest BCUT2D eigenvalue weighted by atomic mass is 9.94. The Labute approximate surface area is 260 Å².